The molecule has 2 nitrogen and oxygen atoms in total. The van der Waals surface area contributed by atoms with Crippen molar-refractivity contribution < 1.29 is 9.84 Å². The number of aliphatic hydroxyl groups is 1. The van der Waals surface area contributed by atoms with Gasteiger partial charge in [-0.3, -0.25) is 0 Å². The highest BCUT2D eigenvalue weighted by molar-refractivity contribution is 7.99. The molecule has 90 valence electrons. The van der Waals surface area contributed by atoms with Crippen molar-refractivity contribution in [1.82, 2.24) is 0 Å². The van der Waals surface area contributed by atoms with E-state index in [1.807, 2.05) is 18.2 Å². The molecule has 16 heavy (non-hydrogen) atoms. The lowest BCUT2D eigenvalue weighted by atomic mass is 10.2. The predicted octanol–water partition coefficient (Wildman–Crippen LogP) is 3.09. The SMILES string of the molecule is CCCCOCCSc1cccc(CO)c1. The van der Waals surface area contributed by atoms with Crippen LogP contribution in [-0.2, 0) is 11.3 Å². The molecule has 0 heterocycles. The molecule has 0 unspecified atom stereocenters. The maximum atomic E-state index is 9.00. The van der Waals surface area contributed by atoms with E-state index in [-0.39, 0.29) is 6.61 Å². The molecule has 1 N–H and O–H groups in total. The summed E-state index contributed by atoms with van der Waals surface area (Å²) in [6.45, 7) is 3.95. The van der Waals surface area contributed by atoms with E-state index in [2.05, 4.69) is 13.0 Å². The predicted molar refractivity (Wildman–Crippen MR) is 68.8 cm³/mol. The molecule has 0 saturated heterocycles. The molecular weight excluding hydrogens is 220 g/mol. The van der Waals surface area contributed by atoms with Gasteiger partial charge in [0.15, 0.2) is 0 Å². The number of benzene rings is 1. The standard InChI is InChI=1S/C13H20O2S/c1-2-3-7-15-8-9-16-13-6-4-5-12(10-13)11-14/h4-6,10,14H,2-3,7-9,11H2,1H3. The molecule has 0 saturated carbocycles. The first-order valence-electron chi connectivity index (χ1n) is 5.77. The molecule has 0 spiro atoms. The maximum Gasteiger partial charge on any atom is 0.0682 e. The summed E-state index contributed by atoms with van der Waals surface area (Å²) in [5, 5.41) is 9.00. The van der Waals surface area contributed by atoms with Gasteiger partial charge in [-0.2, -0.15) is 0 Å². The van der Waals surface area contributed by atoms with Crippen molar-refractivity contribution in [1.29, 1.82) is 0 Å². The quantitative estimate of drug-likeness (QED) is 0.559. The van der Waals surface area contributed by atoms with Crippen molar-refractivity contribution in [3.05, 3.63) is 29.8 Å². The zero-order chi connectivity index (χ0) is 11.6. The van der Waals surface area contributed by atoms with Crippen LogP contribution in [0.1, 0.15) is 25.3 Å². The average molecular weight is 240 g/mol. The Kier molecular flexibility index (Phi) is 7.30. The number of rotatable bonds is 8. The Morgan fingerprint density at radius 1 is 1.31 bits per heavy atom. The molecule has 1 aromatic rings. The molecule has 0 aromatic heterocycles. The summed E-state index contributed by atoms with van der Waals surface area (Å²) in [6.07, 6.45) is 2.33. The van der Waals surface area contributed by atoms with E-state index in [0.717, 1.165) is 31.0 Å². The molecule has 0 aliphatic rings. The first-order chi connectivity index (χ1) is 7.86. The molecule has 0 bridgehead atoms. The fourth-order valence-corrected chi connectivity index (χ4v) is 2.15. The van der Waals surface area contributed by atoms with E-state index in [1.165, 1.54) is 11.3 Å². The summed E-state index contributed by atoms with van der Waals surface area (Å²) in [5.74, 6) is 0.971. The second kappa shape index (κ2) is 8.62. The van der Waals surface area contributed by atoms with Crippen LogP contribution in [0.4, 0.5) is 0 Å². The molecule has 0 radical (unpaired) electrons. The van der Waals surface area contributed by atoms with Crippen LogP contribution in [0.25, 0.3) is 0 Å². The van der Waals surface area contributed by atoms with E-state index < -0.39 is 0 Å². The van der Waals surface area contributed by atoms with Gasteiger partial charge in [0.05, 0.1) is 13.2 Å². The number of aliphatic hydroxyl groups excluding tert-OH is 1. The van der Waals surface area contributed by atoms with Crippen molar-refractivity contribution in [2.45, 2.75) is 31.3 Å². The van der Waals surface area contributed by atoms with E-state index in [1.54, 1.807) is 11.8 Å². The lowest BCUT2D eigenvalue weighted by Crippen LogP contribution is -1.98. The monoisotopic (exact) mass is 240 g/mol. The van der Waals surface area contributed by atoms with Gasteiger partial charge in [0, 0.05) is 17.3 Å². The highest BCUT2D eigenvalue weighted by Crippen LogP contribution is 2.18. The van der Waals surface area contributed by atoms with Crippen LogP contribution in [0.2, 0.25) is 0 Å². The number of ether oxygens (including phenoxy) is 1. The minimum Gasteiger partial charge on any atom is -0.392 e. The van der Waals surface area contributed by atoms with Gasteiger partial charge in [0.1, 0.15) is 0 Å². The molecule has 0 atom stereocenters. The summed E-state index contributed by atoms with van der Waals surface area (Å²) in [7, 11) is 0. The lowest BCUT2D eigenvalue weighted by molar-refractivity contribution is 0.147. The topological polar surface area (TPSA) is 29.5 Å². The third-order valence-corrected chi connectivity index (χ3v) is 3.18. The maximum absolute atomic E-state index is 9.00. The van der Waals surface area contributed by atoms with Crippen molar-refractivity contribution in [2.24, 2.45) is 0 Å². The molecule has 1 aromatic carbocycles. The number of hydrogen-bond acceptors (Lipinski definition) is 3. The minimum absolute atomic E-state index is 0.113. The molecule has 0 amide bonds. The highest BCUT2D eigenvalue weighted by atomic mass is 32.2. The Balaban J connectivity index is 2.16. The minimum atomic E-state index is 0.113. The van der Waals surface area contributed by atoms with Gasteiger partial charge in [-0.1, -0.05) is 25.5 Å². The van der Waals surface area contributed by atoms with Crippen molar-refractivity contribution >= 4 is 11.8 Å². The number of thioether (sulfide) groups is 1. The largest absolute Gasteiger partial charge is 0.392 e. The van der Waals surface area contributed by atoms with Crippen LogP contribution < -0.4 is 0 Å². The van der Waals surface area contributed by atoms with E-state index in [0.29, 0.717) is 0 Å². The van der Waals surface area contributed by atoms with Gasteiger partial charge in [0.25, 0.3) is 0 Å². The Morgan fingerprint density at radius 3 is 2.94 bits per heavy atom. The van der Waals surface area contributed by atoms with Crippen LogP contribution in [0.3, 0.4) is 0 Å². The van der Waals surface area contributed by atoms with Crippen molar-refractivity contribution in [2.75, 3.05) is 19.0 Å². The fraction of sp³-hybridized carbons (Fsp3) is 0.538. The normalized spacial score (nSPS) is 10.6. The lowest BCUT2D eigenvalue weighted by Gasteiger charge is -2.04. The summed E-state index contributed by atoms with van der Waals surface area (Å²) in [6, 6.07) is 8.00. The van der Waals surface area contributed by atoms with Gasteiger partial charge in [-0.25, -0.2) is 0 Å². The molecular formula is C13H20O2S. The van der Waals surface area contributed by atoms with Crippen LogP contribution in [0.15, 0.2) is 29.2 Å². The second-order valence-electron chi connectivity index (χ2n) is 3.62. The first-order valence-corrected chi connectivity index (χ1v) is 6.75. The molecule has 0 aliphatic carbocycles. The first kappa shape index (κ1) is 13.6. The molecule has 1 rings (SSSR count). The third kappa shape index (κ3) is 5.54. The summed E-state index contributed by atoms with van der Waals surface area (Å²) in [4.78, 5) is 1.20. The van der Waals surface area contributed by atoms with Gasteiger partial charge in [0.2, 0.25) is 0 Å². The van der Waals surface area contributed by atoms with Crippen LogP contribution in [-0.4, -0.2) is 24.1 Å². The number of hydrogen-bond donors (Lipinski definition) is 1. The average Bonchev–Trinajstić information content (AvgIpc) is 2.34. The van der Waals surface area contributed by atoms with E-state index in [4.69, 9.17) is 9.84 Å². The highest BCUT2D eigenvalue weighted by Gasteiger charge is 1.96. The van der Waals surface area contributed by atoms with E-state index >= 15 is 0 Å². The van der Waals surface area contributed by atoms with Gasteiger partial charge >= 0.3 is 0 Å². The second-order valence-corrected chi connectivity index (χ2v) is 4.79. The van der Waals surface area contributed by atoms with Crippen molar-refractivity contribution in [3.8, 4) is 0 Å². The van der Waals surface area contributed by atoms with Crippen LogP contribution in [0.5, 0.6) is 0 Å². The Hall–Kier alpha value is -0.510. The van der Waals surface area contributed by atoms with Gasteiger partial charge in [-0.05, 0) is 24.1 Å². The number of unbranched alkanes of at least 4 members (excludes halogenated alkanes) is 1. The molecule has 3 heteroatoms. The molecule has 0 fully saturated rings. The molecule has 0 aliphatic heterocycles. The van der Waals surface area contributed by atoms with Crippen LogP contribution >= 0.6 is 11.8 Å². The summed E-state index contributed by atoms with van der Waals surface area (Å²) < 4.78 is 5.48. The third-order valence-electron chi connectivity index (χ3n) is 2.22. The van der Waals surface area contributed by atoms with Crippen molar-refractivity contribution in [3.63, 3.8) is 0 Å². The Labute approximate surface area is 102 Å². The zero-order valence-electron chi connectivity index (χ0n) is 9.82. The summed E-state index contributed by atoms with van der Waals surface area (Å²) in [5.41, 5.74) is 0.969. The zero-order valence-corrected chi connectivity index (χ0v) is 10.6. The summed E-state index contributed by atoms with van der Waals surface area (Å²) >= 11 is 1.77. The smallest absolute Gasteiger partial charge is 0.0682 e. The van der Waals surface area contributed by atoms with Gasteiger partial charge in [-0.15, -0.1) is 11.8 Å². The fourth-order valence-electron chi connectivity index (χ4n) is 1.30. The van der Waals surface area contributed by atoms with Crippen LogP contribution in [0, 0.1) is 0 Å². The Bertz CT molecular complexity index is 289. The Morgan fingerprint density at radius 2 is 2.19 bits per heavy atom. The van der Waals surface area contributed by atoms with Gasteiger partial charge < -0.3 is 9.84 Å². The van der Waals surface area contributed by atoms with E-state index in [9.17, 15) is 0 Å².